The second kappa shape index (κ2) is 8.95. The molecule has 2 amide bonds. The van der Waals surface area contributed by atoms with Crippen molar-refractivity contribution in [2.45, 2.75) is 18.9 Å². The van der Waals surface area contributed by atoms with Crippen LogP contribution in [0.1, 0.15) is 22.3 Å². The van der Waals surface area contributed by atoms with Crippen LogP contribution in [0.4, 0.5) is 5.69 Å². The lowest BCUT2D eigenvalue weighted by atomic mass is 10.1. The predicted octanol–water partition coefficient (Wildman–Crippen LogP) is 3.14. The van der Waals surface area contributed by atoms with Gasteiger partial charge in [0.2, 0.25) is 5.91 Å². The van der Waals surface area contributed by atoms with E-state index < -0.39 is 6.04 Å². The van der Waals surface area contributed by atoms with E-state index in [-0.39, 0.29) is 11.8 Å². The molecule has 1 unspecified atom stereocenters. The Labute approximate surface area is 164 Å². The number of ether oxygens (including phenoxy) is 1. The van der Waals surface area contributed by atoms with Crippen molar-refractivity contribution in [2.24, 2.45) is 0 Å². The van der Waals surface area contributed by atoms with Crippen molar-refractivity contribution in [1.82, 2.24) is 5.32 Å². The first-order valence-electron chi connectivity index (χ1n) is 8.97. The van der Waals surface area contributed by atoms with E-state index in [2.05, 4.69) is 5.32 Å². The second-order valence-corrected chi connectivity index (χ2v) is 7.36. The van der Waals surface area contributed by atoms with Crippen LogP contribution >= 0.6 is 11.8 Å². The standard InChI is InChI=1S/C21H24N2O3S/c1-26-19-10-6-4-8-16(19)20(24)22-17(12-14-27-2)21(25)23-13-11-15-7-3-5-9-18(15)23/h3-10,17H,11-14H2,1-2H3,(H,22,24). The lowest BCUT2D eigenvalue weighted by molar-refractivity contribution is -0.120. The van der Waals surface area contributed by atoms with E-state index in [0.29, 0.717) is 24.3 Å². The molecule has 142 valence electrons. The van der Waals surface area contributed by atoms with Crippen LogP contribution in [0.3, 0.4) is 0 Å². The van der Waals surface area contributed by atoms with Gasteiger partial charge in [0, 0.05) is 12.2 Å². The number of rotatable bonds is 7. The van der Waals surface area contributed by atoms with Crippen molar-refractivity contribution >= 4 is 29.3 Å². The fraction of sp³-hybridized carbons (Fsp3) is 0.333. The lowest BCUT2D eigenvalue weighted by Gasteiger charge is -2.25. The molecular weight excluding hydrogens is 360 g/mol. The van der Waals surface area contributed by atoms with Crippen molar-refractivity contribution in [2.75, 3.05) is 30.6 Å². The summed E-state index contributed by atoms with van der Waals surface area (Å²) in [4.78, 5) is 27.8. The van der Waals surface area contributed by atoms with Gasteiger partial charge in [-0.05, 0) is 48.6 Å². The van der Waals surface area contributed by atoms with Crippen LogP contribution in [0.15, 0.2) is 48.5 Å². The van der Waals surface area contributed by atoms with Crippen LogP contribution in [0.5, 0.6) is 5.75 Å². The smallest absolute Gasteiger partial charge is 0.255 e. The van der Waals surface area contributed by atoms with Gasteiger partial charge < -0.3 is 15.0 Å². The molecule has 2 aromatic rings. The third-order valence-corrected chi connectivity index (χ3v) is 5.36. The topological polar surface area (TPSA) is 58.6 Å². The first-order chi connectivity index (χ1) is 13.2. The summed E-state index contributed by atoms with van der Waals surface area (Å²) in [5.74, 6) is 0.937. The summed E-state index contributed by atoms with van der Waals surface area (Å²) in [5, 5.41) is 2.93. The molecule has 0 radical (unpaired) electrons. The van der Waals surface area contributed by atoms with E-state index in [1.54, 1.807) is 34.9 Å². The van der Waals surface area contributed by atoms with E-state index in [1.807, 2.05) is 36.6 Å². The first kappa shape index (κ1) is 19.3. The highest BCUT2D eigenvalue weighted by molar-refractivity contribution is 7.98. The maximum absolute atomic E-state index is 13.2. The zero-order valence-corrected chi connectivity index (χ0v) is 16.4. The minimum absolute atomic E-state index is 0.0581. The molecule has 0 aliphatic carbocycles. The Morgan fingerprint density at radius 1 is 1.19 bits per heavy atom. The average molecular weight is 385 g/mol. The summed E-state index contributed by atoms with van der Waals surface area (Å²) < 4.78 is 5.28. The largest absolute Gasteiger partial charge is 0.496 e. The number of para-hydroxylation sites is 2. The number of amides is 2. The number of hydrogen-bond acceptors (Lipinski definition) is 4. The minimum atomic E-state index is -0.569. The quantitative estimate of drug-likeness (QED) is 0.797. The summed E-state index contributed by atoms with van der Waals surface area (Å²) in [7, 11) is 1.53. The summed E-state index contributed by atoms with van der Waals surface area (Å²) in [6, 6.07) is 14.4. The van der Waals surface area contributed by atoms with Gasteiger partial charge in [0.25, 0.3) is 5.91 Å². The molecule has 1 N–H and O–H groups in total. The minimum Gasteiger partial charge on any atom is -0.496 e. The molecule has 1 heterocycles. The highest BCUT2D eigenvalue weighted by atomic mass is 32.2. The van der Waals surface area contributed by atoms with Gasteiger partial charge in [-0.1, -0.05) is 30.3 Å². The van der Waals surface area contributed by atoms with Gasteiger partial charge in [0.1, 0.15) is 11.8 Å². The van der Waals surface area contributed by atoms with E-state index >= 15 is 0 Å². The summed E-state index contributed by atoms with van der Waals surface area (Å²) in [5.41, 5.74) is 2.55. The van der Waals surface area contributed by atoms with Crippen LogP contribution < -0.4 is 15.0 Å². The molecule has 0 aromatic heterocycles. The van der Waals surface area contributed by atoms with Crippen LogP contribution in [0, 0.1) is 0 Å². The Kier molecular flexibility index (Phi) is 6.40. The average Bonchev–Trinajstić information content (AvgIpc) is 3.14. The number of anilines is 1. The Morgan fingerprint density at radius 3 is 2.70 bits per heavy atom. The SMILES string of the molecule is COc1ccccc1C(=O)NC(CCSC)C(=O)N1CCc2ccccc21. The number of carbonyl (C=O) groups is 2. The number of methoxy groups -OCH3 is 1. The number of hydrogen-bond donors (Lipinski definition) is 1. The van der Waals surface area contributed by atoms with Gasteiger partial charge >= 0.3 is 0 Å². The van der Waals surface area contributed by atoms with Crippen molar-refractivity contribution in [3.05, 3.63) is 59.7 Å². The van der Waals surface area contributed by atoms with E-state index in [1.165, 1.54) is 12.7 Å². The monoisotopic (exact) mass is 384 g/mol. The van der Waals surface area contributed by atoms with Crippen molar-refractivity contribution in [3.8, 4) is 5.75 Å². The molecule has 6 heteroatoms. The number of thioether (sulfide) groups is 1. The molecule has 0 saturated carbocycles. The van der Waals surface area contributed by atoms with Crippen LogP contribution in [-0.4, -0.2) is 43.5 Å². The summed E-state index contributed by atoms with van der Waals surface area (Å²) in [6.07, 6.45) is 3.42. The normalized spacial score (nSPS) is 13.8. The fourth-order valence-electron chi connectivity index (χ4n) is 3.32. The third-order valence-electron chi connectivity index (χ3n) is 4.72. The molecule has 0 saturated heterocycles. The molecule has 0 fully saturated rings. The Balaban J connectivity index is 1.80. The zero-order chi connectivity index (χ0) is 19.2. The predicted molar refractivity (Wildman–Crippen MR) is 110 cm³/mol. The second-order valence-electron chi connectivity index (χ2n) is 6.38. The Bertz CT molecular complexity index is 825. The molecule has 0 bridgehead atoms. The number of carbonyl (C=O) groups excluding carboxylic acids is 2. The number of fused-ring (bicyclic) bond motifs is 1. The lowest BCUT2D eigenvalue weighted by Crippen LogP contribution is -2.48. The molecule has 3 rings (SSSR count). The number of benzene rings is 2. The van der Waals surface area contributed by atoms with Crippen LogP contribution in [0.2, 0.25) is 0 Å². The van der Waals surface area contributed by atoms with Crippen molar-refractivity contribution in [1.29, 1.82) is 0 Å². The molecule has 27 heavy (non-hydrogen) atoms. The summed E-state index contributed by atoms with van der Waals surface area (Å²) >= 11 is 1.66. The van der Waals surface area contributed by atoms with Crippen molar-refractivity contribution in [3.63, 3.8) is 0 Å². The molecule has 1 aliphatic heterocycles. The van der Waals surface area contributed by atoms with E-state index in [4.69, 9.17) is 4.74 Å². The van der Waals surface area contributed by atoms with Gasteiger partial charge in [-0.2, -0.15) is 11.8 Å². The Hall–Kier alpha value is -2.47. The molecule has 5 nitrogen and oxygen atoms in total. The van der Waals surface area contributed by atoms with Gasteiger partial charge in [0.15, 0.2) is 0 Å². The zero-order valence-electron chi connectivity index (χ0n) is 15.6. The van der Waals surface area contributed by atoms with Gasteiger partial charge in [-0.15, -0.1) is 0 Å². The van der Waals surface area contributed by atoms with Gasteiger partial charge in [-0.25, -0.2) is 0 Å². The first-order valence-corrected chi connectivity index (χ1v) is 10.4. The maximum Gasteiger partial charge on any atom is 0.255 e. The summed E-state index contributed by atoms with van der Waals surface area (Å²) in [6.45, 7) is 0.651. The molecule has 0 spiro atoms. The van der Waals surface area contributed by atoms with Crippen LogP contribution in [0.25, 0.3) is 0 Å². The molecular formula is C21H24N2O3S. The highest BCUT2D eigenvalue weighted by Gasteiger charge is 2.31. The van der Waals surface area contributed by atoms with Gasteiger partial charge in [0.05, 0.1) is 12.7 Å². The number of nitrogens with one attached hydrogen (secondary N) is 1. The Morgan fingerprint density at radius 2 is 1.93 bits per heavy atom. The number of nitrogens with zero attached hydrogens (tertiary/aromatic N) is 1. The van der Waals surface area contributed by atoms with Crippen molar-refractivity contribution < 1.29 is 14.3 Å². The van der Waals surface area contributed by atoms with E-state index in [0.717, 1.165) is 17.9 Å². The van der Waals surface area contributed by atoms with Crippen LogP contribution in [-0.2, 0) is 11.2 Å². The highest BCUT2D eigenvalue weighted by Crippen LogP contribution is 2.28. The third kappa shape index (κ3) is 4.27. The van der Waals surface area contributed by atoms with Gasteiger partial charge in [-0.3, -0.25) is 9.59 Å². The molecule has 2 aromatic carbocycles. The van der Waals surface area contributed by atoms with E-state index in [9.17, 15) is 9.59 Å². The molecule has 1 aliphatic rings. The maximum atomic E-state index is 13.2. The fourth-order valence-corrected chi connectivity index (χ4v) is 3.79. The molecule has 1 atom stereocenters.